The van der Waals surface area contributed by atoms with Crippen LogP contribution in [0, 0.1) is 13.8 Å². The van der Waals surface area contributed by atoms with Crippen LogP contribution in [0.15, 0.2) is 83.8 Å². The average molecular weight is 381 g/mol. The molecule has 1 unspecified atom stereocenters. The van der Waals surface area contributed by atoms with Gasteiger partial charge in [0.2, 0.25) is 10.0 Å². The lowest BCUT2D eigenvalue weighted by molar-refractivity contribution is 0.576. The average Bonchev–Trinajstić information content (AvgIpc) is 2.66. The Morgan fingerprint density at radius 3 is 2.19 bits per heavy atom. The highest BCUT2D eigenvalue weighted by Gasteiger charge is 2.18. The fraction of sp³-hybridized carbons (Fsp3) is 0.182. The van der Waals surface area contributed by atoms with Crippen molar-refractivity contribution in [3.05, 3.63) is 95.6 Å². The quantitative estimate of drug-likeness (QED) is 0.637. The van der Waals surface area contributed by atoms with Crippen LogP contribution in [0.1, 0.15) is 22.7 Å². The SMILES string of the molecule is Cc1ccc(S(=O)(=O)NCC(Nc2cccc(C)c2)c2ccccc2)cc1. The Morgan fingerprint density at radius 1 is 0.815 bits per heavy atom. The van der Waals surface area contributed by atoms with E-state index in [9.17, 15) is 8.42 Å². The van der Waals surface area contributed by atoms with Gasteiger partial charge < -0.3 is 5.32 Å². The number of nitrogens with one attached hydrogen (secondary N) is 2. The van der Waals surface area contributed by atoms with Gasteiger partial charge in [-0.1, -0.05) is 60.2 Å². The molecule has 3 aromatic carbocycles. The standard InChI is InChI=1S/C22H24N2O2S/c1-17-11-13-21(14-12-17)27(25,26)23-16-22(19-8-4-3-5-9-19)24-20-10-6-7-18(2)15-20/h3-15,22-24H,16H2,1-2H3. The Hall–Kier alpha value is -2.63. The van der Waals surface area contributed by atoms with Crippen molar-refractivity contribution < 1.29 is 8.42 Å². The topological polar surface area (TPSA) is 58.2 Å². The smallest absolute Gasteiger partial charge is 0.240 e. The summed E-state index contributed by atoms with van der Waals surface area (Å²) in [4.78, 5) is 0.274. The summed E-state index contributed by atoms with van der Waals surface area (Å²) in [5, 5.41) is 3.44. The van der Waals surface area contributed by atoms with Gasteiger partial charge in [-0.05, 0) is 49.2 Å². The third-order valence-corrected chi connectivity index (χ3v) is 5.81. The summed E-state index contributed by atoms with van der Waals surface area (Å²) in [6, 6.07) is 24.6. The van der Waals surface area contributed by atoms with E-state index in [1.165, 1.54) is 0 Å². The monoisotopic (exact) mass is 380 g/mol. The lowest BCUT2D eigenvalue weighted by atomic mass is 10.1. The Morgan fingerprint density at radius 2 is 1.52 bits per heavy atom. The van der Waals surface area contributed by atoms with E-state index in [4.69, 9.17) is 0 Å². The second kappa shape index (κ2) is 8.37. The molecule has 0 radical (unpaired) electrons. The summed E-state index contributed by atoms with van der Waals surface area (Å²) in [5.74, 6) is 0. The van der Waals surface area contributed by atoms with Crippen molar-refractivity contribution in [2.75, 3.05) is 11.9 Å². The van der Waals surface area contributed by atoms with E-state index in [-0.39, 0.29) is 17.5 Å². The molecule has 0 heterocycles. The van der Waals surface area contributed by atoms with Gasteiger partial charge in [0, 0.05) is 12.2 Å². The van der Waals surface area contributed by atoms with Gasteiger partial charge in [0.05, 0.1) is 10.9 Å². The van der Waals surface area contributed by atoms with E-state index in [1.807, 2.05) is 68.4 Å². The van der Waals surface area contributed by atoms with Crippen LogP contribution in [0.3, 0.4) is 0 Å². The lowest BCUT2D eigenvalue weighted by Gasteiger charge is -2.21. The Bertz CT molecular complexity index is 984. The molecule has 1 atom stereocenters. The Kier molecular flexibility index (Phi) is 5.94. The van der Waals surface area contributed by atoms with Gasteiger partial charge in [0.15, 0.2) is 0 Å². The van der Waals surface area contributed by atoms with Gasteiger partial charge in [0.1, 0.15) is 0 Å². The first-order valence-corrected chi connectivity index (χ1v) is 10.4. The second-order valence-corrected chi connectivity index (χ2v) is 8.41. The zero-order valence-electron chi connectivity index (χ0n) is 15.5. The minimum Gasteiger partial charge on any atom is -0.377 e. The predicted molar refractivity (Wildman–Crippen MR) is 110 cm³/mol. The van der Waals surface area contributed by atoms with Crippen LogP contribution in [-0.4, -0.2) is 15.0 Å². The molecule has 27 heavy (non-hydrogen) atoms. The van der Waals surface area contributed by atoms with Crippen LogP contribution < -0.4 is 10.0 Å². The summed E-state index contributed by atoms with van der Waals surface area (Å²) in [6.07, 6.45) is 0. The van der Waals surface area contributed by atoms with Gasteiger partial charge in [-0.2, -0.15) is 0 Å². The molecule has 3 rings (SSSR count). The largest absolute Gasteiger partial charge is 0.377 e. The molecule has 0 bridgehead atoms. The molecule has 2 N–H and O–H groups in total. The van der Waals surface area contributed by atoms with Crippen molar-refractivity contribution in [2.24, 2.45) is 0 Å². The number of benzene rings is 3. The van der Waals surface area contributed by atoms with E-state index in [0.717, 1.165) is 22.4 Å². The molecule has 0 spiro atoms. The fourth-order valence-electron chi connectivity index (χ4n) is 2.87. The molecule has 0 saturated carbocycles. The molecule has 4 nitrogen and oxygen atoms in total. The molecule has 0 aromatic heterocycles. The predicted octanol–water partition coefficient (Wildman–Crippen LogP) is 4.44. The normalized spacial score (nSPS) is 12.5. The maximum absolute atomic E-state index is 12.6. The Labute approximate surface area is 161 Å². The highest BCUT2D eigenvalue weighted by molar-refractivity contribution is 7.89. The number of hydrogen-bond donors (Lipinski definition) is 2. The second-order valence-electron chi connectivity index (χ2n) is 6.64. The Balaban J connectivity index is 1.80. The van der Waals surface area contributed by atoms with Crippen molar-refractivity contribution >= 4 is 15.7 Å². The molecule has 3 aromatic rings. The minimum atomic E-state index is -3.57. The first-order valence-electron chi connectivity index (χ1n) is 8.88. The number of hydrogen-bond acceptors (Lipinski definition) is 3. The number of sulfonamides is 1. The van der Waals surface area contributed by atoms with Crippen LogP contribution in [0.25, 0.3) is 0 Å². The molecule has 0 fully saturated rings. The molecule has 5 heteroatoms. The third-order valence-electron chi connectivity index (χ3n) is 4.37. The summed E-state index contributed by atoms with van der Waals surface area (Å²) in [5.41, 5.74) is 4.15. The molecule has 140 valence electrons. The van der Waals surface area contributed by atoms with Gasteiger partial charge in [0.25, 0.3) is 0 Å². The number of aryl methyl sites for hydroxylation is 2. The van der Waals surface area contributed by atoms with Gasteiger partial charge >= 0.3 is 0 Å². The van der Waals surface area contributed by atoms with Crippen molar-refractivity contribution in [1.29, 1.82) is 0 Å². The van der Waals surface area contributed by atoms with E-state index in [2.05, 4.69) is 10.0 Å². The van der Waals surface area contributed by atoms with E-state index in [0.29, 0.717) is 0 Å². The molecule has 0 saturated heterocycles. The first kappa shape index (κ1) is 19.1. The molecule has 0 aliphatic heterocycles. The third kappa shape index (κ3) is 5.18. The van der Waals surface area contributed by atoms with E-state index in [1.54, 1.807) is 24.3 Å². The van der Waals surface area contributed by atoms with Crippen LogP contribution in [0.4, 0.5) is 5.69 Å². The van der Waals surface area contributed by atoms with Crippen LogP contribution in [-0.2, 0) is 10.0 Å². The van der Waals surface area contributed by atoms with Gasteiger partial charge in [-0.15, -0.1) is 0 Å². The number of anilines is 1. The van der Waals surface area contributed by atoms with Gasteiger partial charge in [-0.25, -0.2) is 13.1 Å². The van der Waals surface area contributed by atoms with E-state index >= 15 is 0 Å². The van der Waals surface area contributed by atoms with Crippen LogP contribution >= 0.6 is 0 Å². The first-order chi connectivity index (χ1) is 12.9. The van der Waals surface area contributed by atoms with Gasteiger partial charge in [-0.3, -0.25) is 0 Å². The summed E-state index contributed by atoms with van der Waals surface area (Å²) in [6.45, 7) is 4.21. The molecule has 0 amide bonds. The molecule has 0 aliphatic carbocycles. The molecular weight excluding hydrogens is 356 g/mol. The maximum Gasteiger partial charge on any atom is 0.240 e. The van der Waals surface area contributed by atoms with Crippen molar-refractivity contribution in [3.63, 3.8) is 0 Å². The molecule has 0 aliphatic rings. The van der Waals surface area contributed by atoms with Crippen LogP contribution in [0.2, 0.25) is 0 Å². The zero-order chi connectivity index (χ0) is 19.3. The summed E-state index contributed by atoms with van der Waals surface area (Å²) >= 11 is 0. The number of rotatable bonds is 7. The van der Waals surface area contributed by atoms with Crippen molar-refractivity contribution in [1.82, 2.24) is 4.72 Å². The van der Waals surface area contributed by atoms with Crippen LogP contribution in [0.5, 0.6) is 0 Å². The van der Waals surface area contributed by atoms with Crippen molar-refractivity contribution in [3.8, 4) is 0 Å². The minimum absolute atomic E-state index is 0.187. The van der Waals surface area contributed by atoms with Crippen molar-refractivity contribution in [2.45, 2.75) is 24.8 Å². The zero-order valence-corrected chi connectivity index (χ0v) is 16.3. The molecular formula is C22H24N2O2S. The summed E-state index contributed by atoms with van der Waals surface area (Å²) in [7, 11) is -3.57. The summed E-state index contributed by atoms with van der Waals surface area (Å²) < 4.78 is 28.0. The maximum atomic E-state index is 12.6. The lowest BCUT2D eigenvalue weighted by Crippen LogP contribution is -2.31. The highest BCUT2D eigenvalue weighted by Crippen LogP contribution is 2.21. The highest BCUT2D eigenvalue weighted by atomic mass is 32.2. The van der Waals surface area contributed by atoms with E-state index < -0.39 is 10.0 Å². The fourth-order valence-corrected chi connectivity index (χ4v) is 3.91.